The minimum Gasteiger partial charge on any atom is -0.341 e. The zero-order valence-corrected chi connectivity index (χ0v) is 10.4. The quantitative estimate of drug-likeness (QED) is 0.803. The summed E-state index contributed by atoms with van der Waals surface area (Å²) in [7, 11) is 1.74. The van der Waals surface area contributed by atoms with Crippen LogP contribution in [0.15, 0.2) is 18.2 Å². The van der Waals surface area contributed by atoms with Crippen molar-refractivity contribution in [3.8, 4) is 0 Å². The van der Waals surface area contributed by atoms with Crippen LogP contribution in [0.3, 0.4) is 0 Å². The van der Waals surface area contributed by atoms with Crippen molar-refractivity contribution >= 4 is 18.5 Å². The van der Waals surface area contributed by atoms with Gasteiger partial charge in [-0.1, -0.05) is 12.1 Å². The summed E-state index contributed by atoms with van der Waals surface area (Å²) in [6, 6.07) is 4.90. The standard InChI is InChI=1S/C12H16FNOS/c1-9-7-10(3-4-11(9)13)8-14(2)12(15)5-6-16/h3-4,7,16H,5-6,8H2,1-2H3. The van der Waals surface area contributed by atoms with Crippen LogP contribution >= 0.6 is 12.6 Å². The van der Waals surface area contributed by atoms with Crippen molar-refractivity contribution < 1.29 is 9.18 Å². The van der Waals surface area contributed by atoms with E-state index < -0.39 is 0 Å². The Bertz CT molecular complexity index is 381. The van der Waals surface area contributed by atoms with Crippen molar-refractivity contribution in [2.75, 3.05) is 12.8 Å². The summed E-state index contributed by atoms with van der Waals surface area (Å²) < 4.78 is 13.0. The van der Waals surface area contributed by atoms with Crippen LogP contribution in [0, 0.1) is 12.7 Å². The lowest BCUT2D eigenvalue weighted by Gasteiger charge is -2.17. The molecule has 0 fully saturated rings. The Hall–Kier alpha value is -1.03. The summed E-state index contributed by atoms with van der Waals surface area (Å²) in [5, 5.41) is 0. The zero-order chi connectivity index (χ0) is 12.1. The van der Waals surface area contributed by atoms with E-state index >= 15 is 0 Å². The number of carbonyl (C=O) groups is 1. The van der Waals surface area contributed by atoms with Crippen LogP contribution in [0.5, 0.6) is 0 Å². The van der Waals surface area contributed by atoms with Gasteiger partial charge in [0.2, 0.25) is 5.91 Å². The van der Waals surface area contributed by atoms with E-state index in [9.17, 15) is 9.18 Å². The maximum absolute atomic E-state index is 13.0. The third-order valence-electron chi connectivity index (χ3n) is 2.39. The maximum Gasteiger partial charge on any atom is 0.223 e. The molecule has 4 heteroatoms. The van der Waals surface area contributed by atoms with Gasteiger partial charge in [-0.15, -0.1) is 0 Å². The average molecular weight is 241 g/mol. The number of halogens is 1. The fourth-order valence-electron chi connectivity index (χ4n) is 1.45. The minimum absolute atomic E-state index is 0.0528. The molecule has 0 aliphatic carbocycles. The Morgan fingerprint density at radius 1 is 1.50 bits per heavy atom. The third-order valence-corrected chi connectivity index (χ3v) is 2.62. The average Bonchev–Trinajstić information content (AvgIpc) is 2.24. The van der Waals surface area contributed by atoms with Crippen molar-refractivity contribution in [1.29, 1.82) is 0 Å². The predicted molar refractivity (Wildman–Crippen MR) is 66.1 cm³/mol. The molecule has 2 nitrogen and oxygen atoms in total. The number of rotatable bonds is 4. The van der Waals surface area contributed by atoms with E-state index in [0.29, 0.717) is 24.3 Å². The smallest absolute Gasteiger partial charge is 0.223 e. The van der Waals surface area contributed by atoms with Gasteiger partial charge in [0.05, 0.1) is 0 Å². The van der Waals surface area contributed by atoms with Crippen LogP contribution in [0.2, 0.25) is 0 Å². The molecule has 16 heavy (non-hydrogen) atoms. The Kier molecular flexibility index (Phi) is 4.80. The molecular formula is C12H16FNOS. The fourth-order valence-corrected chi connectivity index (χ4v) is 1.64. The normalized spacial score (nSPS) is 10.2. The second kappa shape index (κ2) is 5.89. The van der Waals surface area contributed by atoms with Gasteiger partial charge in [0, 0.05) is 20.0 Å². The monoisotopic (exact) mass is 241 g/mol. The number of carbonyl (C=O) groups excluding carboxylic acids is 1. The molecule has 0 unspecified atom stereocenters. The summed E-state index contributed by atoms with van der Waals surface area (Å²) in [6.45, 7) is 2.22. The van der Waals surface area contributed by atoms with Gasteiger partial charge in [0.15, 0.2) is 0 Å². The Morgan fingerprint density at radius 2 is 2.19 bits per heavy atom. The van der Waals surface area contributed by atoms with Crippen molar-refractivity contribution in [1.82, 2.24) is 4.90 Å². The van der Waals surface area contributed by atoms with Crippen LogP contribution in [-0.2, 0) is 11.3 Å². The number of benzene rings is 1. The van der Waals surface area contributed by atoms with E-state index in [4.69, 9.17) is 0 Å². The van der Waals surface area contributed by atoms with Crippen molar-refractivity contribution in [3.63, 3.8) is 0 Å². The predicted octanol–water partition coefficient (Wildman–Crippen LogP) is 2.41. The summed E-state index contributed by atoms with van der Waals surface area (Å²) in [4.78, 5) is 13.1. The summed E-state index contributed by atoms with van der Waals surface area (Å²) in [6.07, 6.45) is 0.430. The number of hydrogen-bond donors (Lipinski definition) is 1. The highest BCUT2D eigenvalue weighted by atomic mass is 32.1. The lowest BCUT2D eigenvalue weighted by molar-refractivity contribution is -0.129. The Labute approximate surface area is 101 Å². The Balaban J connectivity index is 2.66. The molecule has 1 amide bonds. The minimum atomic E-state index is -0.215. The van der Waals surface area contributed by atoms with Gasteiger partial charge in [0.1, 0.15) is 5.82 Å². The Morgan fingerprint density at radius 3 is 2.75 bits per heavy atom. The molecule has 0 radical (unpaired) electrons. The fraction of sp³-hybridized carbons (Fsp3) is 0.417. The van der Waals surface area contributed by atoms with E-state index in [-0.39, 0.29) is 11.7 Å². The molecule has 0 saturated carbocycles. The topological polar surface area (TPSA) is 20.3 Å². The van der Waals surface area contributed by atoms with Gasteiger partial charge in [-0.05, 0) is 29.9 Å². The second-order valence-electron chi connectivity index (χ2n) is 3.81. The second-order valence-corrected chi connectivity index (χ2v) is 4.25. The highest BCUT2D eigenvalue weighted by Gasteiger charge is 2.08. The molecule has 1 rings (SSSR count). The van der Waals surface area contributed by atoms with Crippen molar-refractivity contribution in [2.45, 2.75) is 19.9 Å². The van der Waals surface area contributed by atoms with Gasteiger partial charge >= 0.3 is 0 Å². The summed E-state index contributed by atoms with van der Waals surface area (Å²) >= 11 is 4.01. The first-order valence-electron chi connectivity index (χ1n) is 5.14. The molecule has 88 valence electrons. The van der Waals surface area contributed by atoms with Gasteiger partial charge in [-0.3, -0.25) is 4.79 Å². The first-order chi connectivity index (χ1) is 7.54. The summed E-state index contributed by atoms with van der Waals surface area (Å²) in [5.41, 5.74) is 1.54. The molecule has 0 N–H and O–H groups in total. The molecule has 0 heterocycles. The highest BCUT2D eigenvalue weighted by Crippen LogP contribution is 2.11. The first-order valence-corrected chi connectivity index (χ1v) is 5.77. The van der Waals surface area contributed by atoms with E-state index in [1.54, 1.807) is 31.0 Å². The molecule has 0 bridgehead atoms. The lowest BCUT2D eigenvalue weighted by Crippen LogP contribution is -2.26. The largest absolute Gasteiger partial charge is 0.341 e. The molecule has 0 spiro atoms. The van der Waals surface area contributed by atoms with E-state index in [1.807, 2.05) is 0 Å². The molecule has 0 aromatic heterocycles. The number of nitrogens with zero attached hydrogens (tertiary/aromatic N) is 1. The number of hydrogen-bond acceptors (Lipinski definition) is 2. The van der Waals surface area contributed by atoms with E-state index in [2.05, 4.69) is 12.6 Å². The molecule has 0 atom stereocenters. The van der Waals surface area contributed by atoms with Crippen molar-refractivity contribution in [2.24, 2.45) is 0 Å². The van der Waals surface area contributed by atoms with Gasteiger partial charge in [-0.2, -0.15) is 12.6 Å². The van der Waals surface area contributed by atoms with Gasteiger partial charge in [-0.25, -0.2) is 4.39 Å². The van der Waals surface area contributed by atoms with Crippen LogP contribution in [0.4, 0.5) is 4.39 Å². The van der Waals surface area contributed by atoms with Crippen LogP contribution < -0.4 is 0 Å². The molecule has 0 aliphatic rings. The van der Waals surface area contributed by atoms with Crippen LogP contribution in [0.1, 0.15) is 17.5 Å². The van der Waals surface area contributed by atoms with Gasteiger partial charge in [0.25, 0.3) is 0 Å². The molecule has 1 aromatic rings. The van der Waals surface area contributed by atoms with E-state index in [1.165, 1.54) is 6.07 Å². The number of thiol groups is 1. The molecular weight excluding hydrogens is 225 g/mol. The SMILES string of the molecule is Cc1cc(CN(C)C(=O)CCS)ccc1F. The van der Waals surface area contributed by atoms with Crippen LogP contribution in [-0.4, -0.2) is 23.6 Å². The van der Waals surface area contributed by atoms with E-state index in [0.717, 1.165) is 5.56 Å². The highest BCUT2D eigenvalue weighted by molar-refractivity contribution is 7.80. The maximum atomic E-state index is 13.0. The molecule has 0 saturated heterocycles. The summed E-state index contributed by atoms with van der Waals surface area (Å²) in [5.74, 6) is 0.385. The first kappa shape index (κ1) is 13.0. The zero-order valence-electron chi connectivity index (χ0n) is 9.53. The number of amides is 1. The van der Waals surface area contributed by atoms with Gasteiger partial charge < -0.3 is 4.90 Å². The molecule has 0 aliphatic heterocycles. The molecule has 1 aromatic carbocycles. The lowest BCUT2D eigenvalue weighted by atomic mass is 10.1. The third kappa shape index (κ3) is 3.52. The number of aryl methyl sites for hydroxylation is 1. The van der Waals surface area contributed by atoms with Crippen molar-refractivity contribution in [3.05, 3.63) is 35.1 Å². The van der Waals surface area contributed by atoms with Crippen LogP contribution in [0.25, 0.3) is 0 Å².